The highest BCUT2D eigenvalue weighted by molar-refractivity contribution is 7.88. The van der Waals surface area contributed by atoms with Gasteiger partial charge in [-0.3, -0.25) is 10.1 Å². The molecule has 0 aromatic heterocycles. The van der Waals surface area contributed by atoms with Crippen LogP contribution in [0, 0.1) is 27.4 Å². The van der Waals surface area contributed by atoms with Gasteiger partial charge in [-0.2, -0.15) is 9.98 Å². The van der Waals surface area contributed by atoms with Crippen LogP contribution in [0.3, 0.4) is 0 Å². The van der Waals surface area contributed by atoms with Crippen molar-refractivity contribution >= 4 is 15.7 Å². The van der Waals surface area contributed by atoms with Crippen LogP contribution in [0.2, 0.25) is 0 Å². The lowest BCUT2D eigenvalue weighted by atomic mass is 10.1. The third kappa shape index (κ3) is 4.60. The Morgan fingerprint density at radius 3 is 2.30 bits per heavy atom. The van der Waals surface area contributed by atoms with Gasteiger partial charge in [-0.25, -0.2) is 8.42 Å². The average molecular weight is 297 g/mol. The summed E-state index contributed by atoms with van der Waals surface area (Å²) >= 11 is 0. The predicted octanol–water partition coefficient (Wildman–Crippen LogP) is 1.56. The van der Waals surface area contributed by atoms with Crippen molar-refractivity contribution in [3.63, 3.8) is 0 Å². The molecule has 0 aliphatic rings. The fourth-order valence-corrected chi connectivity index (χ4v) is 2.91. The van der Waals surface area contributed by atoms with Crippen molar-refractivity contribution in [3.8, 4) is 6.07 Å². The van der Waals surface area contributed by atoms with Crippen LogP contribution >= 0.6 is 0 Å². The zero-order valence-electron chi connectivity index (χ0n) is 11.1. The van der Waals surface area contributed by atoms with Gasteiger partial charge >= 0.3 is 0 Å². The van der Waals surface area contributed by atoms with Crippen LogP contribution in [0.25, 0.3) is 0 Å². The lowest BCUT2D eigenvalue weighted by Crippen LogP contribution is -2.38. The van der Waals surface area contributed by atoms with Gasteiger partial charge in [0.25, 0.3) is 5.69 Å². The SMILES string of the molecule is CC(C)C(C#N)NS(=O)(=O)Cc1ccc([N+](=O)[O-])cc1. The van der Waals surface area contributed by atoms with Gasteiger partial charge in [-0.1, -0.05) is 26.0 Å². The molecule has 1 rings (SSSR count). The Labute approximate surface area is 117 Å². The van der Waals surface area contributed by atoms with E-state index in [1.165, 1.54) is 24.3 Å². The Morgan fingerprint density at radius 1 is 1.35 bits per heavy atom. The second kappa shape index (κ2) is 6.45. The summed E-state index contributed by atoms with van der Waals surface area (Å²) in [6.07, 6.45) is 0. The molecule has 8 heteroatoms. The topological polar surface area (TPSA) is 113 Å². The molecule has 0 amide bonds. The Morgan fingerprint density at radius 2 is 1.90 bits per heavy atom. The first-order valence-electron chi connectivity index (χ1n) is 5.88. The molecule has 7 nitrogen and oxygen atoms in total. The van der Waals surface area contributed by atoms with E-state index in [-0.39, 0.29) is 17.4 Å². The summed E-state index contributed by atoms with van der Waals surface area (Å²) in [6.45, 7) is 3.48. The van der Waals surface area contributed by atoms with Gasteiger partial charge in [0.05, 0.1) is 16.7 Å². The lowest BCUT2D eigenvalue weighted by molar-refractivity contribution is -0.384. The summed E-state index contributed by atoms with van der Waals surface area (Å²) < 4.78 is 26.1. The van der Waals surface area contributed by atoms with Crippen molar-refractivity contribution in [1.82, 2.24) is 4.72 Å². The smallest absolute Gasteiger partial charge is 0.258 e. The number of nitriles is 1. The lowest BCUT2D eigenvalue weighted by Gasteiger charge is -2.15. The molecular weight excluding hydrogens is 282 g/mol. The van der Waals surface area contributed by atoms with Crippen molar-refractivity contribution in [3.05, 3.63) is 39.9 Å². The zero-order chi connectivity index (χ0) is 15.3. The molecule has 1 atom stereocenters. The normalized spacial score (nSPS) is 12.9. The van der Waals surface area contributed by atoms with E-state index in [2.05, 4.69) is 4.72 Å². The third-order valence-corrected chi connectivity index (χ3v) is 3.94. The molecule has 1 aromatic carbocycles. The average Bonchev–Trinajstić information content (AvgIpc) is 2.35. The van der Waals surface area contributed by atoms with Gasteiger partial charge in [0, 0.05) is 12.1 Å². The first-order valence-corrected chi connectivity index (χ1v) is 7.53. The molecule has 0 saturated heterocycles. The van der Waals surface area contributed by atoms with Crippen molar-refractivity contribution < 1.29 is 13.3 Å². The minimum Gasteiger partial charge on any atom is -0.258 e. The van der Waals surface area contributed by atoms with Crippen LogP contribution in [0.15, 0.2) is 24.3 Å². The number of rotatable bonds is 6. The second-order valence-corrected chi connectivity index (χ2v) is 6.41. The molecular formula is C12H15N3O4S. The molecule has 0 spiro atoms. The summed E-state index contributed by atoms with van der Waals surface area (Å²) in [6, 6.07) is 6.35. The molecule has 0 radical (unpaired) electrons. The second-order valence-electron chi connectivity index (χ2n) is 4.65. The molecule has 0 aliphatic carbocycles. The summed E-state index contributed by atoms with van der Waals surface area (Å²) in [5.41, 5.74) is 0.319. The maximum Gasteiger partial charge on any atom is 0.269 e. The van der Waals surface area contributed by atoms with Crippen LogP contribution < -0.4 is 4.72 Å². The molecule has 1 unspecified atom stereocenters. The van der Waals surface area contributed by atoms with E-state index in [4.69, 9.17) is 5.26 Å². The summed E-state index contributed by atoms with van der Waals surface area (Å²) in [5.74, 6) is -0.470. The summed E-state index contributed by atoms with van der Waals surface area (Å²) in [4.78, 5) is 9.94. The fourth-order valence-electron chi connectivity index (χ4n) is 1.48. The molecule has 0 fully saturated rings. The largest absolute Gasteiger partial charge is 0.269 e. The Bertz CT molecular complexity index is 617. The fraction of sp³-hybridized carbons (Fsp3) is 0.417. The Hall–Kier alpha value is -1.98. The van der Waals surface area contributed by atoms with Crippen LogP contribution in [-0.2, 0) is 15.8 Å². The predicted molar refractivity (Wildman–Crippen MR) is 73.1 cm³/mol. The number of nitro groups is 1. The molecule has 0 saturated carbocycles. The number of nitro benzene ring substituents is 1. The van der Waals surface area contributed by atoms with Crippen LogP contribution in [0.1, 0.15) is 19.4 Å². The van der Waals surface area contributed by atoms with Crippen molar-refractivity contribution in [2.75, 3.05) is 0 Å². The Kier molecular flexibility index (Phi) is 5.19. The molecule has 0 bridgehead atoms. The van der Waals surface area contributed by atoms with Gasteiger partial charge in [0.15, 0.2) is 0 Å². The van der Waals surface area contributed by atoms with E-state index in [1.54, 1.807) is 13.8 Å². The minimum atomic E-state index is -3.67. The van der Waals surface area contributed by atoms with Crippen LogP contribution in [-0.4, -0.2) is 19.4 Å². The standard InChI is InChI=1S/C12H15N3O4S/c1-9(2)12(7-13)14-20(18,19)8-10-3-5-11(6-4-10)15(16)17/h3-6,9,12,14H,8H2,1-2H3. The molecule has 20 heavy (non-hydrogen) atoms. The highest BCUT2D eigenvalue weighted by atomic mass is 32.2. The number of hydrogen-bond acceptors (Lipinski definition) is 5. The quantitative estimate of drug-likeness (QED) is 0.632. The summed E-state index contributed by atoms with van der Waals surface area (Å²) in [5, 5.41) is 19.4. The number of sulfonamides is 1. The van der Waals surface area contributed by atoms with Crippen LogP contribution in [0.4, 0.5) is 5.69 Å². The number of nitrogens with zero attached hydrogens (tertiary/aromatic N) is 2. The third-order valence-electron chi connectivity index (χ3n) is 2.62. The van der Waals surface area contributed by atoms with E-state index < -0.39 is 21.0 Å². The molecule has 0 aliphatic heterocycles. The van der Waals surface area contributed by atoms with Crippen LogP contribution in [0.5, 0.6) is 0 Å². The maximum absolute atomic E-state index is 11.9. The maximum atomic E-state index is 11.9. The number of hydrogen-bond donors (Lipinski definition) is 1. The first kappa shape index (κ1) is 16.1. The number of non-ortho nitro benzene ring substituents is 1. The zero-order valence-corrected chi connectivity index (χ0v) is 11.9. The van der Waals surface area contributed by atoms with Gasteiger partial charge in [0.1, 0.15) is 6.04 Å². The van der Waals surface area contributed by atoms with E-state index >= 15 is 0 Å². The van der Waals surface area contributed by atoms with E-state index in [0.717, 1.165) is 0 Å². The van der Waals surface area contributed by atoms with E-state index in [1.807, 2.05) is 6.07 Å². The highest BCUT2D eigenvalue weighted by Gasteiger charge is 2.20. The highest BCUT2D eigenvalue weighted by Crippen LogP contribution is 2.14. The van der Waals surface area contributed by atoms with E-state index in [9.17, 15) is 18.5 Å². The van der Waals surface area contributed by atoms with Gasteiger partial charge in [0.2, 0.25) is 10.0 Å². The van der Waals surface area contributed by atoms with Gasteiger partial charge in [-0.05, 0) is 11.5 Å². The van der Waals surface area contributed by atoms with Crippen molar-refractivity contribution in [2.45, 2.75) is 25.6 Å². The Balaban J connectivity index is 2.81. The monoisotopic (exact) mass is 297 g/mol. The first-order chi connectivity index (χ1) is 9.25. The number of nitrogens with one attached hydrogen (secondary N) is 1. The van der Waals surface area contributed by atoms with E-state index in [0.29, 0.717) is 5.56 Å². The minimum absolute atomic E-state index is 0.101. The molecule has 0 heterocycles. The summed E-state index contributed by atoms with van der Waals surface area (Å²) in [7, 11) is -3.67. The van der Waals surface area contributed by atoms with Gasteiger partial charge in [-0.15, -0.1) is 0 Å². The molecule has 1 N–H and O–H groups in total. The van der Waals surface area contributed by atoms with Crippen molar-refractivity contribution in [1.29, 1.82) is 5.26 Å². The van der Waals surface area contributed by atoms with Gasteiger partial charge < -0.3 is 0 Å². The van der Waals surface area contributed by atoms with Crippen molar-refractivity contribution in [2.24, 2.45) is 5.92 Å². The number of benzene rings is 1. The molecule has 1 aromatic rings. The molecule has 108 valence electrons.